The van der Waals surface area contributed by atoms with E-state index in [9.17, 15) is 4.79 Å². The number of hydrogen-bond donors (Lipinski definition) is 2. The molecule has 1 amide bonds. The third-order valence-electron chi connectivity index (χ3n) is 4.38. The molecule has 28 heavy (non-hydrogen) atoms. The van der Waals surface area contributed by atoms with E-state index in [2.05, 4.69) is 15.5 Å². The van der Waals surface area contributed by atoms with Gasteiger partial charge >= 0.3 is 0 Å². The highest BCUT2D eigenvalue weighted by molar-refractivity contribution is 7.99. The van der Waals surface area contributed by atoms with Gasteiger partial charge in [0.1, 0.15) is 0 Å². The zero-order valence-corrected chi connectivity index (χ0v) is 16.1. The van der Waals surface area contributed by atoms with Crippen LogP contribution in [0.4, 0.5) is 11.4 Å². The molecule has 0 aliphatic heterocycles. The first-order valence-corrected chi connectivity index (χ1v) is 9.76. The molecule has 0 bridgehead atoms. The maximum Gasteiger partial charge on any atom is 0.234 e. The molecule has 7 heteroatoms. The number of amides is 1. The van der Waals surface area contributed by atoms with Crippen LogP contribution in [0.5, 0.6) is 0 Å². The molecule has 140 valence electrons. The van der Waals surface area contributed by atoms with Gasteiger partial charge in [-0.1, -0.05) is 60.3 Å². The van der Waals surface area contributed by atoms with Crippen LogP contribution in [0, 0.1) is 0 Å². The van der Waals surface area contributed by atoms with Crippen LogP contribution in [0.15, 0.2) is 71.9 Å². The highest BCUT2D eigenvalue weighted by Crippen LogP contribution is 2.25. The fourth-order valence-electron chi connectivity index (χ4n) is 3.02. The Balaban J connectivity index is 1.45. The lowest BCUT2D eigenvalue weighted by atomic mass is 10.1. The van der Waals surface area contributed by atoms with E-state index in [-0.39, 0.29) is 11.7 Å². The standard InChI is InChI=1S/C21H19N5OS/c1-26-20(15-8-4-9-16(22)12-15)24-25-21(26)28-13-19(27)23-18-11-5-7-14-6-2-3-10-17(14)18/h2-12H,13,22H2,1H3,(H,23,27). The summed E-state index contributed by atoms with van der Waals surface area (Å²) < 4.78 is 1.87. The Bertz CT molecular complexity index is 1150. The molecular weight excluding hydrogens is 370 g/mol. The molecule has 4 aromatic rings. The van der Waals surface area contributed by atoms with Crippen LogP contribution in [0.3, 0.4) is 0 Å². The first kappa shape index (κ1) is 18.1. The maximum atomic E-state index is 12.5. The summed E-state index contributed by atoms with van der Waals surface area (Å²) in [5, 5.41) is 14.2. The number of carbonyl (C=O) groups is 1. The number of thioether (sulfide) groups is 1. The third-order valence-corrected chi connectivity index (χ3v) is 5.40. The Kier molecular flexibility index (Phi) is 4.99. The van der Waals surface area contributed by atoms with E-state index in [0.29, 0.717) is 16.7 Å². The molecule has 1 heterocycles. The number of carbonyl (C=O) groups excluding carboxylic acids is 1. The minimum Gasteiger partial charge on any atom is -0.399 e. The largest absolute Gasteiger partial charge is 0.399 e. The Morgan fingerprint density at radius 1 is 1.07 bits per heavy atom. The van der Waals surface area contributed by atoms with E-state index < -0.39 is 0 Å². The van der Waals surface area contributed by atoms with Crippen molar-refractivity contribution in [3.63, 3.8) is 0 Å². The number of benzene rings is 3. The first-order valence-electron chi connectivity index (χ1n) is 8.77. The number of anilines is 2. The molecule has 1 aromatic heterocycles. The Labute approximate surface area is 166 Å². The number of nitrogens with one attached hydrogen (secondary N) is 1. The van der Waals surface area contributed by atoms with Gasteiger partial charge in [0.15, 0.2) is 11.0 Å². The van der Waals surface area contributed by atoms with Crippen molar-refractivity contribution in [1.82, 2.24) is 14.8 Å². The van der Waals surface area contributed by atoms with Gasteiger partial charge in [-0.15, -0.1) is 10.2 Å². The number of nitrogens with two attached hydrogens (primary N) is 1. The van der Waals surface area contributed by atoms with Gasteiger partial charge in [-0.3, -0.25) is 4.79 Å². The van der Waals surface area contributed by atoms with Gasteiger partial charge in [-0.2, -0.15) is 0 Å². The third kappa shape index (κ3) is 3.70. The summed E-state index contributed by atoms with van der Waals surface area (Å²) in [6.45, 7) is 0. The summed E-state index contributed by atoms with van der Waals surface area (Å²) in [7, 11) is 1.88. The van der Waals surface area contributed by atoms with Gasteiger partial charge in [0.25, 0.3) is 0 Å². The topological polar surface area (TPSA) is 85.8 Å². The summed E-state index contributed by atoms with van der Waals surface area (Å²) in [5.74, 6) is 0.866. The first-order chi connectivity index (χ1) is 13.6. The smallest absolute Gasteiger partial charge is 0.234 e. The highest BCUT2D eigenvalue weighted by Gasteiger charge is 2.13. The normalized spacial score (nSPS) is 10.9. The lowest BCUT2D eigenvalue weighted by Gasteiger charge is -2.08. The summed E-state index contributed by atoms with van der Waals surface area (Å²) in [5.41, 5.74) is 8.22. The summed E-state index contributed by atoms with van der Waals surface area (Å²) in [4.78, 5) is 12.5. The van der Waals surface area contributed by atoms with E-state index in [0.717, 1.165) is 22.0 Å². The van der Waals surface area contributed by atoms with E-state index in [1.807, 2.05) is 78.3 Å². The van der Waals surface area contributed by atoms with Gasteiger partial charge in [0.2, 0.25) is 5.91 Å². The fraction of sp³-hybridized carbons (Fsp3) is 0.0952. The van der Waals surface area contributed by atoms with Crippen LogP contribution < -0.4 is 11.1 Å². The number of nitrogens with zero attached hydrogens (tertiary/aromatic N) is 3. The van der Waals surface area contributed by atoms with Gasteiger partial charge < -0.3 is 15.6 Å². The van der Waals surface area contributed by atoms with Crippen molar-refractivity contribution in [2.75, 3.05) is 16.8 Å². The van der Waals surface area contributed by atoms with Crippen molar-refractivity contribution >= 4 is 39.8 Å². The average Bonchev–Trinajstić information content (AvgIpc) is 3.07. The average molecular weight is 389 g/mol. The number of hydrogen-bond acceptors (Lipinski definition) is 5. The van der Waals surface area contributed by atoms with Crippen LogP contribution in [-0.2, 0) is 11.8 Å². The molecule has 3 N–H and O–H groups in total. The zero-order chi connectivity index (χ0) is 19.5. The minimum atomic E-state index is -0.0881. The maximum absolute atomic E-state index is 12.5. The van der Waals surface area contributed by atoms with Crippen molar-refractivity contribution in [2.45, 2.75) is 5.16 Å². The van der Waals surface area contributed by atoms with Gasteiger partial charge in [-0.05, 0) is 23.6 Å². The van der Waals surface area contributed by atoms with Crippen LogP contribution in [-0.4, -0.2) is 26.4 Å². The molecule has 3 aromatic carbocycles. The second-order valence-electron chi connectivity index (χ2n) is 6.35. The SMILES string of the molecule is Cn1c(SCC(=O)Nc2cccc3ccccc23)nnc1-c1cccc(N)c1. The minimum absolute atomic E-state index is 0.0881. The van der Waals surface area contributed by atoms with E-state index in [1.165, 1.54) is 11.8 Å². The predicted molar refractivity (Wildman–Crippen MR) is 114 cm³/mol. The number of aromatic nitrogens is 3. The van der Waals surface area contributed by atoms with Crippen LogP contribution >= 0.6 is 11.8 Å². The van der Waals surface area contributed by atoms with Crippen molar-refractivity contribution < 1.29 is 4.79 Å². The number of nitrogen functional groups attached to an aromatic ring is 1. The number of fused-ring (bicyclic) bond motifs is 1. The summed E-state index contributed by atoms with van der Waals surface area (Å²) >= 11 is 1.35. The van der Waals surface area contributed by atoms with Crippen LogP contribution in [0.25, 0.3) is 22.2 Å². The van der Waals surface area contributed by atoms with Crippen LogP contribution in [0.2, 0.25) is 0 Å². The lowest BCUT2D eigenvalue weighted by Crippen LogP contribution is -2.14. The van der Waals surface area contributed by atoms with Gasteiger partial charge in [0, 0.05) is 29.4 Å². The fourth-order valence-corrected chi connectivity index (χ4v) is 3.73. The molecule has 6 nitrogen and oxygen atoms in total. The molecule has 4 rings (SSSR count). The Morgan fingerprint density at radius 3 is 2.71 bits per heavy atom. The van der Waals surface area contributed by atoms with E-state index >= 15 is 0 Å². The lowest BCUT2D eigenvalue weighted by molar-refractivity contribution is -0.113. The molecule has 0 fully saturated rings. The van der Waals surface area contributed by atoms with Crippen molar-refractivity contribution in [3.8, 4) is 11.4 Å². The van der Waals surface area contributed by atoms with Gasteiger partial charge in [-0.25, -0.2) is 0 Å². The molecule has 0 radical (unpaired) electrons. The molecule has 0 saturated heterocycles. The van der Waals surface area contributed by atoms with E-state index in [1.54, 1.807) is 0 Å². The summed E-state index contributed by atoms with van der Waals surface area (Å²) in [6, 6.07) is 21.3. The Morgan fingerprint density at radius 2 is 1.86 bits per heavy atom. The molecule has 0 spiro atoms. The van der Waals surface area contributed by atoms with E-state index in [4.69, 9.17) is 5.73 Å². The van der Waals surface area contributed by atoms with Gasteiger partial charge in [0.05, 0.1) is 5.75 Å². The van der Waals surface area contributed by atoms with Crippen molar-refractivity contribution in [2.24, 2.45) is 7.05 Å². The second kappa shape index (κ2) is 7.74. The number of rotatable bonds is 5. The van der Waals surface area contributed by atoms with Crippen molar-refractivity contribution in [1.29, 1.82) is 0 Å². The summed E-state index contributed by atoms with van der Waals surface area (Å²) in [6.07, 6.45) is 0. The molecule has 0 aliphatic carbocycles. The van der Waals surface area contributed by atoms with Crippen molar-refractivity contribution in [3.05, 3.63) is 66.7 Å². The quantitative estimate of drug-likeness (QED) is 0.399. The molecule has 0 atom stereocenters. The predicted octanol–water partition coefficient (Wildman–Crippen LogP) is 3.95. The molecule has 0 unspecified atom stereocenters. The molecular formula is C21H19N5OS. The highest BCUT2D eigenvalue weighted by atomic mass is 32.2. The van der Waals surface area contributed by atoms with Crippen LogP contribution in [0.1, 0.15) is 0 Å². The molecule has 0 saturated carbocycles. The second-order valence-corrected chi connectivity index (χ2v) is 7.30. The molecule has 0 aliphatic rings. The zero-order valence-electron chi connectivity index (χ0n) is 15.3. The Hall–Kier alpha value is -3.32. The monoisotopic (exact) mass is 389 g/mol.